The molecule has 1 aromatic rings. The van der Waals surface area contributed by atoms with Crippen LogP contribution in [-0.4, -0.2) is 6.54 Å². The first-order valence-corrected chi connectivity index (χ1v) is 4.44. The number of benzene rings is 1. The monoisotopic (exact) mass is 159 g/mol. The Bertz CT molecular complexity index is 313. The summed E-state index contributed by atoms with van der Waals surface area (Å²) in [5.74, 6) is 0. The van der Waals surface area contributed by atoms with Gasteiger partial charge in [0.2, 0.25) is 0 Å². The van der Waals surface area contributed by atoms with E-state index in [4.69, 9.17) is 0 Å². The third-order valence-electron chi connectivity index (χ3n) is 2.29. The number of anilines is 1. The maximum atomic E-state index is 3.35. The Morgan fingerprint density at radius 3 is 3.00 bits per heavy atom. The zero-order chi connectivity index (χ0) is 8.39. The number of para-hydroxylation sites is 1. The van der Waals surface area contributed by atoms with Gasteiger partial charge in [-0.1, -0.05) is 31.2 Å². The number of hydrogen-bond acceptors (Lipinski definition) is 1. The topological polar surface area (TPSA) is 12.0 Å². The van der Waals surface area contributed by atoms with E-state index in [2.05, 4.69) is 42.6 Å². The summed E-state index contributed by atoms with van der Waals surface area (Å²) in [6.45, 7) is 3.17. The molecule has 1 heterocycles. The zero-order valence-corrected chi connectivity index (χ0v) is 7.30. The third-order valence-corrected chi connectivity index (χ3v) is 2.29. The number of hydrogen-bond donors (Lipinski definition) is 1. The zero-order valence-electron chi connectivity index (χ0n) is 7.30. The van der Waals surface area contributed by atoms with Crippen LogP contribution in [-0.2, 0) is 0 Å². The summed E-state index contributed by atoms with van der Waals surface area (Å²) in [6, 6.07) is 8.48. The second-order valence-corrected chi connectivity index (χ2v) is 3.01. The molecule has 1 aliphatic heterocycles. The van der Waals surface area contributed by atoms with E-state index in [1.807, 2.05) is 0 Å². The molecule has 1 N–H and O–H groups in total. The maximum absolute atomic E-state index is 3.35. The number of allylic oxidation sites excluding steroid dienone is 1. The lowest BCUT2D eigenvalue weighted by molar-refractivity contribution is 1.18. The summed E-state index contributed by atoms with van der Waals surface area (Å²) < 4.78 is 0. The summed E-state index contributed by atoms with van der Waals surface area (Å²) in [5.41, 5.74) is 4.10. The van der Waals surface area contributed by atoms with Gasteiger partial charge in [-0.2, -0.15) is 0 Å². The minimum Gasteiger partial charge on any atom is -0.381 e. The van der Waals surface area contributed by atoms with Crippen LogP contribution in [0.4, 0.5) is 5.69 Å². The van der Waals surface area contributed by atoms with Gasteiger partial charge in [0.25, 0.3) is 0 Å². The molecule has 1 nitrogen and oxygen atoms in total. The van der Waals surface area contributed by atoms with Crippen molar-refractivity contribution < 1.29 is 0 Å². The van der Waals surface area contributed by atoms with Gasteiger partial charge in [0.05, 0.1) is 0 Å². The molecule has 0 amide bonds. The minimum atomic E-state index is 0.972. The average Bonchev–Trinajstić information content (AvgIpc) is 2.17. The fourth-order valence-electron chi connectivity index (χ4n) is 1.65. The van der Waals surface area contributed by atoms with Crippen LogP contribution in [0.15, 0.2) is 30.3 Å². The molecule has 0 fully saturated rings. The average molecular weight is 159 g/mol. The fraction of sp³-hybridized carbons (Fsp3) is 0.273. The highest BCUT2D eigenvalue weighted by molar-refractivity contribution is 5.78. The summed E-state index contributed by atoms with van der Waals surface area (Å²) in [4.78, 5) is 0. The van der Waals surface area contributed by atoms with Crippen LogP contribution in [0, 0.1) is 0 Å². The lowest BCUT2D eigenvalue weighted by Gasteiger charge is -2.17. The van der Waals surface area contributed by atoms with Crippen LogP contribution < -0.4 is 5.32 Å². The highest BCUT2D eigenvalue weighted by atomic mass is 14.9. The first-order valence-electron chi connectivity index (χ1n) is 4.44. The summed E-state index contributed by atoms with van der Waals surface area (Å²) >= 11 is 0. The summed E-state index contributed by atoms with van der Waals surface area (Å²) in [5, 5.41) is 3.35. The largest absolute Gasteiger partial charge is 0.381 e. The normalized spacial score (nSPS) is 14.6. The van der Waals surface area contributed by atoms with Gasteiger partial charge in [0, 0.05) is 17.8 Å². The molecule has 0 aliphatic carbocycles. The molecule has 62 valence electrons. The van der Waals surface area contributed by atoms with Crippen LogP contribution in [0.25, 0.3) is 5.57 Å². The molecule has 0 spiro atoms. The Morgan fingerprint density at radius 1 is 1.33 bits per heavy atom. The lowest BCUT2D eigenvalue weighted by atomic mass is 9.99. The van der Waals surface area contributed by atoms with Crippen molar-refractivity contribution in [2.45, 2.75) is 13.3 Å². The summed E-state index contributed by atoms with van der Waals surface area (Å²) in [6.07, 6.45) is 3.39. The Labute approximate surface area is 73.1 Å². The van der Waals surface area contributed by atoms with Gasteiger partial charge in [-0.15, -0.1) is 0 Å². The molecule has 1 aromatic carbocycles. The van der Waals surface area contributed by atoms with Crippen molar-refractivity contribution >= 4 is 11.3 Å². The van der Waals surface area contributed by atoms with E-state index in [0.717, 1.165) is 13.0 Å². The van der Waals surface area contributed by atoms with Crippen LogP contribution >= 0.6 is 0 Å². The SMILES string of the molecule is CCC1=CCNc2ccccc21. The molecule has 0 atom stereocenters. The highest BCUT2D eigenvalue weighted by Crippen LogP contribution is 2.28. The van der Waals surface area contributed by atoms with Gasteiger partial charge in [-0.05, 0) is 18.1 Å². The molecule has 0 saturated heterocycles. The van der Waals surface area contributed by atoms with Crippen molar-refractivity contribution in [3.8, 4) is 0 Å². The number of nitrogens with one attached hydrogen (secondary N) is 1. The third kappa shape index (κ3) is 1.11. The van der Waals surface area contributed by atoms with Crippen LogP contribution in [0.2, 0.25) is 0 Å². The Morgan fingerprint density at radius 2 is 2.17 bits per heavy atom. The molecular weight excluding hydrogens is 146 g/mol. The lowest BCUT2D eigenvalue weighted by Crippen LogP contribution is -2.07. The van der Waals surface area contributed by atoms with Crippen molar-refractivity contribution in [3.63, 3.8) is 0 Å². The predicted molar refractivity (Wildman–Crippen MR) is 53.2 cm³/mol. The van der Waals surface area contributed by atoms with Crippen molar-refractivity contribution in [1.82, 2.24) is 0 Å². The molecular formula is C11H13N. The Balaban J connectivity index is 2.48. The minimum absolute atomic E-state index is 0.972. The van der Waals surface area contributed by atoms with Gasteiger partial charge < -0.3 is 5.32 Å². The molecule has 12 heavy (non-hydrogen) atoms. The standard InChI is InChI=1S/C11H13N/c1-2-9-7-8-12-11-6-4-3-5-10(9)11/h3-7,12H,2,8H2,1H3. The molecule has 0 aromatic heterocycles. The van der Waals surface area contributed by atoms with Gasteiger partial charge in [0.15, 0.2) is 0 Å². The second kappa shape index (κ2) is 3.02. The van der Waals surface area contributed by atoms with Crippen molar-refractivity contribution in [2.24, 2.45) is 0 Å². The first-order chi connectivity index (χ1) is 5.92. The van der Waals surface area contributed by atoms with E-state index in [9.17, 15) is 0 Å². The van der Waals surface area contributed by atoms with Crippen molar-refractivity contribution in [2.75, 3.05) is 11.9 Å². The molecule has 0 unspecified atom stereocenters. The Hall–Kier alpha value is -1.24. The number of fused-ring (bicyclic) bond motifs is 1. The predicted octanol–water partition coefficient (Wildman–Crippen LogP) is 2.91. The summed E-state index contributed by atoms with van der Waals surface area (Å²) in [7, 11) is 0. The molecule has 0 radical (unpaired) electrons. The molecule has 0 bridgehead atoms. The second-order valence-electron chi connectivity index (χ2n) is 3.01. The smallest absolute Gasteiger partial charge is 0.0418 e. The van der Waals surface area contributed by atoms with E-state index in [-0.39, 0.29) is 0 Å². The van der Waals surface area contributed by atoms with Gasteiger partial charge in [0.1, 0.15) is 0 Å². The molecule has 1 heteroatoms. The number of rotatable bonds is 1. The van der Waals surface area contributed by atoms with E-state index in [1.165, 1.54) is 16.8 Å². The van der Waals surface area contributed by atoms with Crippen LogP contribution in [0.1, 0.15) is 18.9 Å². The van der Waals surface area contributed by atoms with Gasteiger partial charge in [-0.25, -0.2) is 0 Å². The van der Waals surface area contributed by atoms with Crippen molar-refractivity contribution in [1.29, 1.82) is 0 Å². The van der Waals surface area contributed by atoms with Gasteiger partial charge in [-0.3, -0.25) is 0 Å². The van der Waals surface area contributed by atoms with Gasteiger partial charge >= 0.3 is 0 Å². The molecule has 1 aliphatic rings. The quantitative estimate of drug-likeness (QED) is 0.664. The van der Waals surface area contributed by atoms with Crippen LogP contribution in [0.3, 0.4) is 0 Å². The van der Waals surface area contributed by atoms with E-state index >= 15 is 0 Å². The Kier molecular flexibility index (Phi) is 1.86. The van der Waals surface area contributed by atoms with E-state index in [0.29, 0.717) is 0 Å². The van der Waals surface area contributed by atoms with E-state index in [1.54, 1.807) is 0 Å². The van der Waals surface area contributed by atoms with E-state index < -0.39 is 0 Å². The fourth-order valence-corrected chi connectivity index (χ4v) is 1.65. The van der Waals surface area contributed by atoms with Crippen molar-refractivity contribution in [3.05, 3.63) is 35.9 Å². The van der Waals surface area contributed by atoms with Crippen LogP contribution in [0.5, 0.6) is 0 Å². The molecule has 0 saturated carbocycles. The first kappa shape index (κ1) is 7.41. The maximum Gasteiger partial charge on any atom is 0.0418 e. The highest BCUT2D eigenvalue weighted by Gasteiger charge is 2.08. The molecule has 2 rings (SSSR count).